The van der Waals surface area contributed by atoms with Gasteiger partial charge in [0, 0.05) is 37.3 Å². The summed E-state index contributed by atoms with van der Waals surface area (Å²) in [5.74, 6) is 0.496. The number of rotatable bonds is 4. The second-order valence-corrected chi connectivity index (χ2v) is 7.33. The maximum Gasteiger partial charge on any atom is 0.227 e. The highest BCUT2D eigenvalue weighted by Crippen LogP contribution is 2.27. The first-order chi connectivity index (χ1) is 11.3. The molecule has 0 radical (unpaired) electrons. The van der Waals surface area contributed by atoms with E-state index in [0.29, 0.717) is 5.91 Å². The number of nitrogens with zero attached hydrogens (tertiary/aromatic N) is 5. The number of hydrogen-bond acceptors (Lipinski definition) is 5. The molecule has 6 nitrogen and oxygen atoms in total. The van der Waals surface area contributed by atoms with Crippen LogP contribution in [-0.2, 0) is 24.3 Å². The number of fused-ring (bicyclic) bond motifs is 1. The molecule has 0 N–H and O–H groups in total. The molecule has 2 aliphatic heterocycles. The highest BCUT2D eigenvalue weighted by molar-refractivity contribution is 7.10. The van der Waals surface area contributed by atoms with Crippen LogP contribution in [0, 0.1) is 5.92 Å². The molecule has 122 valence electrons. The van der Waals surface area contributed by atoms with Gasteiger partial charge in [-0.1, -0.05) is 5.21 Å². The summed E-state index contributed by atoms with van der Waals surface area (Å²) >= 11 is 1.82. The molecule has 4 heterocycles. The van der Waals surface area contributed by atoms with Crippen molar-refractivity contribution >= 4 is 17.2 Å². The van der Waals surface area contributed by atoms with Crippen molar-refractivity contribution in [1.82, 2.24) is 24.8 Å². The molecule has 23 heavy (non-hydrogen) atoms. The summed E-state index contributed by atoms with van der Waals surface area (Å²) < 4.78 is 1.85. The van der Waals surface area contributed by atoms with Crippen LogP contribution in [0.3, 0.4) is 0 Å². The van der Waals surface area contributed by atoms with Gasteiger partial charge in [-0.25, -0.2) is 0 Å². The summed E-state index contributed by atoms with van der Waals surface area (Å²) in [5, 5.41) is 9.95. The van der Waals surface area contributed by atoms with Crippen LogP contribution in [0.15, 0.2) is 23.8 Å². The number of likely N-dealkylation sites (tertiary alicyclic amines) is 1. The third kappa shape index (κ3) is 3.16. The standard InChI is InChI=1S/C16H21N5OS/c22-16(20-6-2-15-13(12-20)3-10-23-15)14-1-5-19(11-14)8-9-21-7-4-17-18-21/h3-4,7,10,14H,1-2,5-6,8-9,11-12H2. The van der Waals surface area contributed by atoms with E-state index in [4.69, 9.17) is 0 Å². The van der Waals surface area contributed by atoms with Gasteiger partial charge in [-0.15, -0.1) is 16.4 Å². The summed E-state index contributed by atoms with van der Waals surface area (Å²) in [6.45, 7) is 5.32. The molecule has 0 bridgehead atoms. The van der Waals surface area contributed by atoms with Crippen LogP contribution in [0.2, 0.25) is 0 Å². The fraction of sp³-hybridized carbons (Fsp3) is 0.562. The highest BCUT2D eigenvalue weighted by Gasteiger charge is 2.32. The van der Waals surface area contributed by atoms with E-state index in [1.807, 2.05) is 22.2 Å². The van der Waals surface area contributed by atoms with E-state index in [2.05, 4.69) is 31.6 Å². The van der Waals surface area contributed by atoms with Crippen LogP contribution in [0.5, 0.6) is 0 Å². The molecule has 1 saturated heterocycles. The molecule has 7 heteroatoms. The first-order valence-corrected chi connectivity index (χ1v) is 9.08. The number of amides is 1. The first-order valence-electron chi connectivity index (χ1n) is 8.20. The van der Waals surface area contributed by atoms with Crippen molar-refractivity contribution < 1.29 is 4.79 Å². The van der Waals surface area contributed by atoms with Gasteiger partial charge in [0.25, 0.3) is 0 Å². The third-order valence-corrected chi connectivity index (χ3v) is 5.88. The Balaban J connectivity index is 1.30. The van der Waals surface area contributed by atoms with Crippen LogP contribution < -0.4 is 0 Å². The van der Waals surface area contributed by atoms with Crippen LogP contribution in [-0.4, -0.2) is 56.9 Å². The second kappa shape index (κ2) is 6.41. The van der Waals surface area contributed by atoms with Gasteiger partial charge in [0.2, 0.25) is 5.91 Å². The molecule has 2 aromatic rings. The Labute approximate surface area is 139 Å². The van der Waals surface area contributed by atoms with Crippen LogP contribution in [0.25, 0.3) is 0 Å². The van der Waals surface area contributed by atoms with Gasteiger partial charge in [-0.05, 0) is 36.4 Å². The van der Waals surface area contributed by atoms with E-state index in [-0.39, 0.29) is 5.92 Å². The Morgan fingerprint density at radius 2 is 2.30 bits per heavy atom. The summed E-state index contributed by atoms with van der Waals surface area (Å²) in [7, 11) is 0. The van der Waals surface area contributed by atoms with Crippen molar-refractivity contribution in [3.05, 3.63) is 34.3 Å². The summed E-state index contributed by atoms with van der Waals surface area (Å²) in [6.07, 6.45) is 5.57. The van der Waals surface area contributed by atoms with Crippen molar-refractivity contribution in [1.29, 1.82) is 0 Å². The minimum absolute atomic E-state index is 0.158. The lowest BCUT2D eigenvalue weighted by atomic mass is 10.0. The largest absolute Gasteiger partial charge is 0.338 e. The van der Waals surface area contributed by atoms with Crippen LogP contribution in [0.4, 0.5) is 0 Å². The van der Waals surface area contributed by atoms with Gasteiger partial charge >= 0.3 is 0 Å². The number of hydrogen-bond donors (Lipinski definition) is 0. The highest BCUT2D eigenvalue weighted by atomic mass is 32.1. The van der Waals surface area contributed by atoms with Crippen molar-refractivity contribution in [3.63, 3.8) is 0 Å². The average Bonchev–Trinajstić information content (AvgIpc) is 3.31. The lowest BCUT2D eigenvalue weighted by Crippen LogP contribution is -2.40. The molecular formula is C16H21N5OS. The number of carbonyl (C=O) groups excluding carboxylic acids is 1. The van der Waals surface area contributed by atoms with Gasteiger partial charge in [-0.2, -0.15) is 0 Å². The summed E-state index contributed by atoms with van der Waals surface area (Å²) in [4.78, 5) is 18.7. The molecule has 1 fully saturated rings. The molecule has 1 atom stereocenters. The van der Waals surface area contributed by atoms with Crippen molar-refractivity contribution in [2.75, 3.05) is 26.2 Å². The summed E-state index contributed by atoms with van der Waals surface area (Å²) in [6, 6.07) is 2.17. The molecule has 2 aliphatic rings. The zero-order valence-electron chi connectivity index (χ0n) is 13.1. The van der Waals surface area contributed by atoms with Gasteiger partial charge in [0.1, 0.15) is 0 Å². The average molecular weight is 331 g/mol. The van der Waals surface area contributed by atoms with E-state index in [9.17, 15) is 4.79 Å². The van der Waals surface area contributed by atoms with E-state index < -0.39 is 0 Å². The molecule has 0 aliphatic carbocycles. The Kier molecular flexibility index (Phi) is 4.13. The van der Waals surface area contributed by atoms with Crippen molar-refractivity contribution in [2.24, 2.45) is 5.92 Å². The van der Waals surface area contributed by atoms with E-state index >= 15 is 0 Å². The first kappa shape index (κ1) is 14.8. The zero-order valence-corrected chi connectivity index (χ0v) is 13.9. The Hall–Kier alpha value is -1.73. The Morgan fingerprint density at radius 3 is 3.17 bits per heavy atom. The number of thiophene rings is 1. The fourth-order valence-electron chi connectivity index (χ4n) is 3.53. The Bertz CT molecular complexity index is 668. The minimum Gasteiger partial charge on any atom is -0.338 e. The van der Waals surface area contributed by atoms with Gasteiger partial charge in [0.05, 0.1) is 18.7 Å². The molecule has 4 rings (SSSR count). The van der Waals surface area contributed by atoms with Gasteiger partial charge in [0.15, 0.2) is 0 Å². The minimum atomic E-state index is 0.158. The zero-order chi connectivity index (χ0) is 15.6. The Morgan fingerprint density at radius 1 is 1.35 bits per heavy atom. The molecule has 1 unspecified atom stereocenters. The van der Waals surface area contributed by atoms with Crippen molar-refractivity contribution in [3.8, 4) is 0 Å². The predicted molar refractivity (Wildman–Crippen MR) is 88.0 cm³/mol. The molecule has 2 aromatic heterocycles. The van der Waals surface area contributed by atoms with E-state index in [1.165, 1.54) is 10.4 Å². The quantitative estimate of drug-likeness (QED) is 0.846. The summed E-state index contributed by atoms with van der Waals surface area (Å²) in [5.41, 5.74) is 1.34. The van der Waals surface area contributed by atoms with E-state index in [0.717, 1.165) is 52.1 Å². The molecule has 0 aromatic carbocycles. The normalized spacial score (nSPS) is 21.6. The molecular weight excluding hydrogens is 310 g/mol. The number of aromatic nitrogens is 3. The topological polar surface area (TPSA) is 54.3 Å². The lowest BCUT2D eigenvalue weighted by Gasteiger charge is -2.29. The lowest BCUT2D eigenvalue weighted by molar-refractivity contribution is -0.136. The van der Waals surface area contributed by atoms with Gasteiger partial charge < -0.3 is 9.80 Å². The molecule has 1 amide bonds. The monoisotopic (exact) mass is 331 g/mol. The van der Waals surface area contributed by atoms with E-state index in [1.54, 1.807) is 6.20 Å². The van der Waals surface area contributed by atoms with Crippen molar-refractivity contribution in [2.45, 2.75) is 25.9 Å². The number of carbonyl (C=O) groups is 1. The maximum absolute atomic E-state index is 12.8. The van der Waals surface area contributed by atoms with Gasteiger partial charge in [-0.3, -0.25) is 9.48 Å². The van der Waals surface area contributed by atoms with Crippen LogP contribution in [0.1, 0.15) is 16.9 Å². The second-order valence-electron chi connectivity index (χ2n) is 6.33. The van der Waals surface area contributed by atoms with Crippen LogP contribution >= 0.6 is 11.3 Å². The SMILES string of the molecule is O=C(C1CCN(CCn2ccnn2)C1)N1CCc2sccc2C1. The third-order valence-electron chi connectivity index (χ3n) is 4.86. The fourth-order valence-corrected chi connectivity index (χ4v) is 4.42. The predicted octanol–water partition coefficient (Wildman–Crippen LogP) is 1.25. The smallest absolute Gasteiger partial charge is 0.227 e. The molecule has 0 spiro atoms. The molecule has 0 saturated carbocycles. The maximum atomic E-state index is 12.8.